The molecule has 0 aliphatic heterocycles. The maximum Gasteiger partial charge on any atom is 0.260 e. The number of hydrogen-bond acceptors (Lipinski definition) is 3. The van der Waals surface area contributed by atoms with E-state index in [1.807, 2.05) is 0 Å². The third-order valence-corrected chi connectivity index (χ3v) is 3.84. The minimum Gasteiger partial charge on any atom is -0.479 e. The lowest BCUT2D eigenvalue weighted by molar-refractivity contribution is -0.127. The number of benzene rings is 1. The van der Waals surface area contributed by atoms with Gasteiger partial charge in [0.25, 0.3) is 5.91 Å². The van der Waals surface area contributed by atoms with Gasteiger partial charge in [0.2, 0.25) is 0 Å². The molecule has 7 heteroatoms. The minimum atomic E-state index is -0.639. The minimum absolute atomic E-state index is 0. The standard InChI is InChI=1S/C14H18Cl2N2O2.ClH/c1-8(14(19)18-7-12(17)9-2-3-9)20-13-5-4-10(15)6-11(13)16;/h4-6,8-9,12H,2-3,7,17H2,1H3,(H,18,19);1H. The molecule has 2 rings (SSSR count). The van der Waals surface area contributed by atoms with Crippen LogP contribution in [0.25, 0.3) is 0 Å². The summed E-state index contributed by atoms with van der Waals surface area (Å²) in [7, 11) is 0. The van der Waals surface area contributed by atoms with Crippen LogP contribution in [0.2, 0.25) is 10.0 Å². The van der Waals surface area contributed by atoms with Gasteiger partial charge < -0.3 is 15.8 Å². The molecule has 118 valence electrons. The van der Waals surface area contributed by atoms with Crippen molar-refractivity contribution < 1.29 is 9.53 Å². The Kier molecular flexibility index (Phi) is 7.07. The molecule has 2 atom stereocenters. The molecule has 0 saturated heterocycles. The second kappa shape index (κ2) is 8.08. The van der Waals surface area contributed by atoms with Gasteiger partial charge in [-0.25, -0.2) is 0 Å². The highest BCUT2D eigenvalue weighted by molar-refractivity contribution is 6.35. The first-order chi connectivity index (χ1) is 9.47. The Morgan fingerprint density at radius 1 is 1.48 bits per heavy atom. The zero-order chi connectivity index (χ0) is 14.7. The molecule has 4 nitrogen and oxygen atoms in total. The quantitative estimate of drug-likeness (QED) is 0.826. The van der Waals surface area contributed by atoms with Crippen LogP contribution in [0.5, 0.6) is 5.75 Å². The molecular weight excluding hydrogens is 335 g/mol. The van der Waals surface area contributed by atoms with Crippen molar-refractivity contribution in [3.63, 3.8) is 0 Å². The lowest BCUT2D eigenvalue weighted by Crippen LogP contribution is -2.43. The summed E-state index contributed by atoms with van der Waals surface area (Å²) in [5.74, 6) is 0.787. The molecule has 1 amide bonds. The fourth-order valence-corrected chi connectivity index (χ4v) is 2.32. The van der Waals surface area contributed by atoms with Gasteiger partial charge in [-0.2, -0.15) is 0 Å². The van der Waals surface area contributed by atoms with Crippen LogP contribution >= 0.6 is 35.6 Å². The molecule has 0 radical (unpaired) electrons. The number of nitrogens with two attached hydrogens (primary N) is 1. The molecule has 1 aromatic rings. The average Bonchev–Trinajstić information content (AvgIpc) is 3.23. The Morgan fingerprint density at radius 2 is 2.14 bits per heavy atom. The Labute approximate surface area is 140 Å². The maximum atomic E-state index is 11.9. The van der Waals surface area contributed by atoms with Gasteiger partial charge in [0, 0.05) is 17.6 Å². The van der Waals surface area contributed by atoms with Crippen LogP contribution in [-0.4, -0.2) is 24.6 Å². The van der Waals surface area contributed by atoms with Crippen LogP contribution in [0, 0.1) is 5.92 Å². The van der Waals surface area contributed by atoms with Gasteiger partial charge in [-0.15, -0.1) is 12.4 Å². The summed E-state index contributed by atoms with van der Waals surface area (Å²) in [6.07, 6.45) is 1.67. The van der Waals surface area contributed by atoms with Crippen LogP contribution in [-0.2, 0) is 4.79 Å². The van der Waals surface area contributed by atoms with Gasteiger partial charge >= 0.3 is 0 Å². The zero-order valence-electron chi connectivity index (χ0n) is 11.6. The molecule has 3 N–H and O–H groups in total. The third-order valence-electron chi connectivity index (χ3n) is 3.31. The molecule has 21 heavy (non-hydrogen) atoms. The van der Waals surface area contributed by atoms with Crippen LogP contribution < -0.4 is 15.8 Å². The van der Waals surface area contributed by atoms with Crippen molar-refractivity contribution in [1.29, 1.82) is 0 Å². The third kappa shape index (κ3) is 5.55. The molecule has 0 bridgehead atoms. The number of ether oxygens (including phenoxy) is 1. The van der Waals surface area contributed by atoms with Crippen LogP contribution in [0.3, 0.4) is 0 Å². The molecule has 1 saturated carbocycles. The van der Waals surface area contributed by atoms with E-state index in [0.717, 1.165) is 12.8 Å². The Balaban J connectivity index is 0.00000220. The van der Waals surface area contributed by atoms with Crippen molar-refractivity contribution in [3.8, 4) is 5.75 Å². The lowest BCUT2D eigenvalue weighted by atomic mass is 10.2. The van der Waals surface area contributed by atoms with Gasteiger partial charge in [0.05, 0.1) is 5.02 Å². The van der Waals surface area contributed by atoms with Crippen molar-refractivity contribution in [3.05, 3.63) is 28.2 Å². The first kappa shape index (κ1) is 18.4. The summed E-state index contributed by atoms with van der Waals surface area (Å²) in [6, 6.07) is 4.91. The van der Waals surface area contributed by atoms with Gasteiger partial charge in [0.1, 0.15) is 5.75 Å². The lowest BCUT2D eigenvalue weighted by Gasteiger charge is -2.17. The average molecular weight is 354 g/mol. The number of carbonyl (C=O) groups excluding carboxylic acids is 1. The molecule has 0 spiro atoms. The Bertz CT molecular complexity index is 495. The van der Waals surface area contributed by atoms with Gasteiger partial charge in [-0.1, -0.05) is 23.2 Å². The van der Waals surface area contributed by atoms with Gasteiger partial charge in [0.15, 0.2) is 6.10 Å². The number of amides is 1. The summed E-state index contributed by atoms with van der Waals surface area (Å²) in [5.41, 5.74) is 5.93. The zero-order valence-corrected chi connectivity index (χ0v) is 14.0. The van der Waals surface area contributed by atoms with E-state index in [0.29, 0.717) is 28.3 Å². The van der Waals surface area contributed by atoms with E-state index in [9.17, 15) is 4.79 Å². The fourth-order valence-electron chi connectivity index (χ4n) is 1.87. The Morgan fingerprint density at radius 3 is 2.71 bits per heavy atom. The maximum absolute atomic E-state index is 11.9. The second-order valence-electron chi connectivity index (χ2n) is 5.08. The van der Waals surface area contributed by atoms with E-state index in [4.69, 9.17) is 33.7 Å². The number of hydrogen-bond donors (Lipinski definition) is 2. The molecular formula is C14H19Cl3N2O2. The summed E-state index contributed by atoms with van der Waals surface area (Å²) in [5, 5.41) is 3.70. The SMILES string of the molecule is CC(Oc1ccc(Cl)cc1Cl)C(=O)NCC(N)C1CC1.Cl. The fraction of sp³-hybridized carbons (Fsp3) is 0.500. The Hall–Kier alpha value is -0.680. The molecule has 0 heterocycles. The molecule has 1 fully saturated rings. The van der Waals surface area contributed by atoms with Crippen LogP contribution in [0.15, 0.2) is 18.2 Å². The highest BCUT2D eigenvalue weighted by Crippen LogP contribution is 2.31. The van der Waals surface area contributed by atoms with E-state index in [-0.39, 0.29) is 24.4 Å². The highest BCUT2D eigenvalue weighted by atomic mass is 35.5. The topological polar surface area (TPSA) is 64.3 Å². The van der Waals surface area contributed by atoms with Crippen molar-refractivity contribution in [2.45, 2.75) is 31.9 Å². The smallest absolute Gasteiger partial charge is 0.260 e. The first-order valence-corrected chi connectivity index (χ1v) is 7.38. The molecule has 1 aromatic carbocycles. The number of nitrogens with one attached hydrogen (secondary N) is 1. The summed E-state index contributed by atoms with van der Waals surface area (Å²) < 4.78 is 5.53. The van der Waals surface area contributed by atoms with Crippen molar-refractivity contribution >= 4 is 41.5 Å². The van der Waals surface area contributed by atoms with Crippen molar-refractivity contribution in [2.24, 2.45) is 11.7 Å². The van der Waals surface area contributed by atoms with Crippen LogP contribution in [0.1, 0.15) is 19.8 Å². The highest BCUT2D eigenvalue weighted by Gasteiger charge is 2.29. The monoisotopic (exact) mass is 352 g/mol. The number of carbonyl (C=O) groups is 1. The molecule has 2 unspecified atom stereocenters. The van der Waals surface area contributed by atoms with Gasteiger partial charge in [-0.3, -0.25) is 4.79 Å². The van der Waals surface area contributed by atoms with E-state index >= 15 is 0 Å². The normalized spacial score (nSPS) is 16.6. The number of halogens is 3. The predicted molar refractivity (Wildman–Crippen MR) is 87.5 cm³/mol. The largest absolute Gasteiger partial charge is 0.479 e. The summed E-state index contributed by atoms with van der Waals surface area (Å²) in [4.78, 5) is 11.9. The van der Waals surface area contributed by atoms with Gasteiger partial charge in [-0.05, 0) is 43.9 Å². The molecule has 1 aliphatic carbocycles. The van der Waals surface area contributed by atoms with Crippen LogP contribution in [0.4, 0.5) is 0 Å². The molecule has 1 aliphatic rings. The van der Waals surface area contributed by atoms with Crippen molar-refractivity contribution in [2.75, 3.05) is 6.54 Å². The van der Waals surface area contributed by atoms with Crippen molar-refractivity contribution in [1.82, 2.24) is 5.32 Å². The number of rotatable bonds is 6. The predicted octanol–water partition coefficient (Wildman–Crippen LogP) is 3.04. The first-order valence-electron chi connectivity index (χ1n) is 6.62. The van der Waals surface area contributed by atoms with E-state index in [1.54, 1.807) is 25.1 Å². The van der Waals surface area contributed by atoms with E-state index < -0.39 is 6.10 Å². The second-order valence-corrected chi connectivity index (χ2v) is 5.92. The summed E-state index contributed by atoms with van der Waals surface area (Å²) >= 11 is 11.8. The molecule has 0 aromatic heterocycles. The summed E-state index contributed by atoms with van der Waals surface area (Å²) in [6.45, 7) is 2.15. The van der Waals surface area contributed by atoms with E-state index in [1.165, 1.54) is 0 Å². The van der Waals surface area contributed by atoms with E-state index in [2.05, 4.69) is 5.32 Å².